The molecule has 1 fully saturated rings. The number of rotatable bonds is 7. The van der Waals surface area contributed by atoms with Crippen LogP contribution in [0.15, 0.2) is 30.6 Å². The molecule has 0 aromatic carbocycles. The third-order valence-electron chi connectivity index (χ3n) is 4.00. The minimum atomic E-state index is 0.00428. The van der Waals surface area contributed by atoms with Crippen molar-refractivity contribution in [3.63, 3.8) is 0 Å². The number of aryl methyl sites for hydroxylation is 1. The normalized spacial score (nSPS) is 14.0. The smallest absolute Gasteiger partial charge is 0.239 e. The number of anilines is 2. The van der Waals surface area contributed by atoms with Gasteiger partial charge in [-0.15, -0.1) is 0 Å². The molecule has 3 heterocycles. The van der Waals surface area contributed by atoms with E-state index in [2.05, 4.69) is 25.5 Å². The highest BCUT2D eigenvalue weighted by Crippen LogP contribution is 2.20. The zero-order valence-corrected chi connectivity index (χ0v) is 14.0. The lowest BCUT2D eigenvalue weighted by atomic mass is 10.4. The highest BCUT2D eigenvalue weighted by atomic mass is 16.1. The molecule has 0 unspecified atom stereocenters. The minimum Gasteiger partial charge on any atom is -0.368 e. The molecule has 1 aliphatic rings. The second-order valence-electron chi connectivity index (χ2n) is 5.98. The summed E-state index contributed by atoms with van der Waals surface area (Å²) in [5.41, 5.74) is 0. The third kappa shape index (κ3) is 4.47. The van der Waals surface area contributed by atoms with E-state index in [4.69, 9.17) is 0 Å². The van der Waals surface area contributed by atoms with Crippen molar-refractivity contribution in [2.24, 2.45) is 0 Å². The number of hydrogen-bond donors (Lipinski definition) is 2. The van der Waals surface area contributed by atoms with Gasteiger partial charge in [-0.3, -0.25) is 4.79 Å². The van der Waals surface area contributed by atoms with Crippen molar-refractivity contribution in [2.45, 2.75) is 26.3 Å². The third-order valence-corrected chi connectivity index (χ3v) is 4.00. The van der Waals surface area contributed by atoms with Crippen LogP contribution in [0.2, 0.25) is 0 Å². The average Bonchev–Trinajstić information content (AvgIpc) is 3.24. The molecular formula is C17H24N6O. The predicted octanol–water partition coefficient (Wildman–Crippen LogP) is 1.42. The minimum absolute atomic E-state index is 0.00428. The summed E-state index contributed by atoms with van der Waals surface area (Å²) in [6.07, 6.45) is 6.20. The molecule has 3 rings (SSSR count). The van der Waals surface area contributed by atoms with E-state index in [0.29, 0.717) is 19.6 Å². The van der Waals surface area contributed by atoms with E-state index < -0.39 is 0 Å². The largest absolute Gasteiger partial charge is 0.368 e. The Morgan fingerprint density at radius 2 is 1.92 bits per heavy atom. The van der Waals surface area contributed by atoms with Gasteiger partial charge in [-0.05, 0) is 31.9 Å². The lowest BCUT2D eigenvalue weighted by Crippen LogP contribution is -2.31. The molecule has 7 nitrogen and oxygen atoms in total. The van der Waals surface area contributed by atoms with E-state index in [1.54, 1.807) is 0 Å². The van der Waals surface area contributed by atoms with Gasteiger partial charge < -0.3 is 20.1 Å². The van der Waals surface area contributed by atoms with Gasteiger partial charge in [0.15, 0.2) is 0 Å². The summed E-state index contributed by atoms with van der Waals surface area (Å²) in [6, 6.07) is 5.80. The van der Waals surface area contributed by atoms with Crippen molar-refractivity contribution in [2.75, 3.05) is 36.4 Å². The molecule has 2 aromatic heterocycles. The highest BCUT2D eigenvalue weighted by Gasteiger charge is 2.14. The van der Waals surface area contributed by atoms with E-state index >= 15 is 0 Å². The monoisotopic (exact) mass is 328 g/mol. The van der Waals surface area contributed by atoms with Gasteiger partial charge in [0, 0.05) is 44.6 Å². The summed E-state index contributed by atoms with van der Waals surface area (Å²) >= 11 is 0. The molecule has 0 aliphatic carbocycles. The number of carbonyl (C=O) groups is 1. The molecule has 2 aromatic rings. The fourth-order valence-electron chi connectivity index (χ4n) is 2.84. The number of nitrogens with one attached hydrogen (secondary N) is 2. The number of amides is 1. The number of nitrogens with zero attached hydrogens (tertiary/aromatic N) is 4. The van der Waals surface area contributed by atoms with Crippen LogP contribution in [-0.2, 0) is 11.3 Å². The van der Waals surface area contributed by atoms with Crippen molar-refractivity contribution in [3.8, 4) is 0 Å². The second-order valence-corrected chi connectivity index (χ2v) is 5.98. The van der Waals surface area contributed by atoms with Crippen molar-refractivity contribution >= 4 is 17.5 Å². The standard InChI is InChI=1S/C17H24N6O/c1-14-20-15(12-16(21-14)23-10-4-5-11-23)18-6-7-19-17(24)13-22-8-2-3-9-22/h2-3,8-9,12H,4-7,10-11,13H2,1H3,(H,19,24)(H,18,20,21). The second kappa shape index (κ2) is 7.81. The molecule has 0 atom stereocenters. The number of carbonyl (C=O) groups excluding carboxylic acids is 1. The van der Waals surface area contributed by atoms with E-state index in [-0.39, 0.29) is 5.91 Å². The quantitative estimate of drug-likeness (QED) is 0.752. The van der Waals surface area contributed by atoms with Crippen LogP contribution in [0.5, 0.6) is 0 Å². The fourth-order valence-corrected chi connectivity index (χ4v) is 2.84. The maximum Gasteiger partial charge on any atom is 0.239 e. The van der Waals surface area contributed by atoms with Crippen LogP contribution in [0.25, 0.3) is 0 Å². The fraction of sp³-hybridized carbons (Fsp3) is 0.471. The summed E-state index contributed by atoms with van der Waals surface area (Å²) < 4.78 is 1.85. The lowest BCUT2D eigenvalue weighted by Gasteiger charge is -2.17. The number of hydrogen-bond acceptors (Lipinski definition) is 5. The molecule has 0 bridgehead atoms. The van der Waals surface area contributed by atoms with Gasteiger partial charge in [0.05, 0.1) is 0 Å². The van der Waals surface area contributed by atoms with E-state index in [1.165, 1.54) is 12.8 Å². The molecule has 0 saturated carbocycles. The Morgan fingerprint density at radius 1 is 1.17 bits per heavy atom. The van der Waals surface area contributed by atoms with Gasteiger partial charge in [-0.1, -0.05) is 0 Å². The Morgan fingerprint density at radius 3 is 2.67 bits per heavy atom. The Hall–Kier alpha value is -2.57. The van der Waals surface area contributed by atoms with Crippen molar-refractivity contribution < 1.29 is 4.79 Å². The number of aromatic nitrogens is 3. The van der Waals surface area contributed by atoms with Crippen LogP contribution in [0.1, 0.15) is 18.7 Å². The topological polar surface area (TPSA) is 75.1 Å². The maximum absolute atomic E-state index is 11.8. The van der Waals surface area contributed by atoms with Gasteiger partial charge in [-0.25, -0.2) is 9.97 Å². The Balaban J connectivity index is 1.45. The van der Waals surface area contributed by atoms with Crippen LogP contribution in [0.3, 0.4) is 0 Å². The van der Waals surface area contributed by atoms with Crippen molar-refractivity contribution in [1.82, 2.24) is 19.9 Å². The Bertz CT molecular complexity index is 664. The van der Waals surface area contributed by atoms with Crippen LogP contribution in [0, 0.1) is 6.92 Å². The van der Waals surface area contributed by atoms with Gasteiger partial charge in [-0.2, -0.15) is 0 Å². The van der Waals surface area contributed by atoms with Gasteiger partial charge in [0.25, 0.3) is 0 Å². The summed E-state index contributed by atoms with van der Waals surface area (Å²) in [4.78, 5) is 23.0. The summed E-state index contributed by atoms with van der Waals surface area (Å²) in [5.74, 6) is 2.56. The van der Waals surface area contributed by atoms with Gasteiger partial charge in [0.2, 0.25) is 5.91 Å². The van der Waals surface area contributed by atoms with E-state index in [9.17, 15) is 4.79 Å². The zero-order chi connectivity index (χ0) is 16.8. The maximum atomic E-state index is 11.8. The first-order chi connectivity index (χ1) is 11.7. The first-order valence-corrected chi connectivity index (χ1v) is 8.43. The SMILES string of the molecule is Cc1nc(NCCNC(=O)Cn2cccc2)cc(N2CCCC2)n1. The summed E-state index contributed by atoms with van der Waals surface area (Å²) in [7, 11) is 0. The Labute approximate surface area is 142 Å². The highest BCUT2D eigenvalue weighted by molar-refractivity contribution is 5.75. The first kappa shape index (κ1) is 16.3. The Kier molecular flexibility index (Phi) is 5.30. The van der Waals surface area contributed by atoms with Crippen LogP contribution in [0.4, 0.5) is 11.6 Å². The molecular weight excluding hydrogens is 304 g/mol. The van der Waals surface area contributed by atoms with Gasteiger partial charge >= 0.3 is 0 Å². The molecule has 24 heavy (non-hydrogen) atoms. The first-order valence-electron chi connectivity index (χ1n) is 8.43. The summed E-state index contributed by atoms with van der Waals surface area (Å²) in [6.45, 7) is 5.56. The molecule has 1 saturated heterocycles. The molecule has 1 aliphatic heterocycles. The molecule has 0 spiro atoms. The van der Waals surface area contributed by atoms with E-state index in [1.807, 2.05) is 42.1 Å². The molecule has 7 heteroatoms. The van der Waals surface area contributed by atoms with Crippen LogP contribution in [-0.4, -0.2) is 46.6 Å². The van der Waals surface area contributed by atoms with E-state index in [0.717, 1.165) is 30.5 Å². The van der Waals surface area contributed by atoms with Crippen molar-refractivity contribution in [1.29, 1.82) is 0 Å². The summed E-state index contributed by atoms with van der Waals surface area (Å²) in [5, 5.41) is 6.16. The zero-order valence-electron chi connectivity index (χ0n) is 14.0. The lowest BCUT2D eigenvalue weighted by molar-refractivity contribution is -0.121. The van der Waals surface area contributed by atoms with Crippen LogP contribution < -0.4 is 15.5 Å². The molecule has 1 amide bonds. The van der Waals surface area contributed by atoms with Crippen LogP contribution >= 0.6 is 0 Å². The average molecular weight is 328 g/mol. The molecule has 2 N–H and O–H groups in total. The molecule has 128 valence electrons. The predicted molar refractivity (Wildman–Crippen MR) is 94.1 cm³/mol. The van der Waals surface area contributed by atoms with Gasteiger partial charge in [0.1, 0.15) is 24.0 Å². The molecule has 0 radical (unpaired) electrons. The van der Waals surface area contributed by atoms with Crippen molar-refractivity contribution in [3.05, 3.63) is 36.4 Å².